The van der Waals surface area contributed by atoms with Crippen molar-refractivity contribution in [3.63, 3.8) is 0 Å². The monoisotopic (exact) mass is 523 g/mol. The van der Waals surface area contributed by atoms with Crippen LogP contribution in [0.5, 0.6) is 11.5 Å². The highest BCUT2D eigenvalue weighted by atomic mass is 32.2. The zero-order valence-electron chi connectivity index (χ0n) is 21.7. The zero-order valence-corrected chi connectivity index (χ0v) is 22.5. The fraction of sp³-hybridized carbons (Fsp3) is 0.440. The van der Waals surface area contributed by atoms with Gasteiger partial charge < -0.3 is 19.7 Å². The summed E-state index contributed by atoms with van der Waals surface area (Å²) < 4.78 is 50.2. The number of ether oxygens (including phenoxy) is 2. The molecular weight excluding hydrogens is 489 g/mol. The molecule has 0 aromatic heterocycles. The van der Waals surface area contributed by atoms with Gasteiger partial charge in [0.1, 0.15) is 18.4 Å². The molecule has 0 fully saturated rings. The molecule has 36 heavy (non-hydrogen) atoms. The van der Waals surface area contributed by atoms with E-state index in [1.54, 1.807) is 6.92 Å². The molecule has 0 aliphatic rings. The number of halogens is 1. The first-order valence-corrected chi connectivity index (χ1v) is 13.1. The van der Waals surface area contributed by atoms with E-state index in [2.05, 4.69) is 5.32 Å². The summed E-state index contributed by atoms with van der Waals surface area (Å²) in [4.78, 5) is 27.7. The van der Waals surface area contributed by atoms with Crippen molar-refractivity contribution in [2.24, 2.45) is 0 Å². The minimum absolute atomic E-state index is 0.0264. The highest BCUT2D eigenvalue weighted by molar-refractivity contribution is 7.92. The van der Waals surface area contributed by atoms with Crippen LogP contribution in [-0.2, 0) is 26.2 Å². The van der Waals surface area contributed by atoms with Crippen LogP contribution in [0, 0.1) is 5.82 Å². The van der Waals surface area contributed by atoms with Crippen LogP contribution in [0.3, 0.4) is 0 Å². The third kappa shape index (κ3) is 7.84. The number of carbonyl (C=O) groups is 2. The van der Waals surface area contributed by atoms with Crippen molar-refractivity contribution in [3.8, 4) is 11.5 Å². The molecule has 0 radical (unpaired) electrons. The van der Waals surface area contributed by atoms with Gasteiger partial charge in [0.25, 0.3) is 0 Å². The summed E-state index contributed by atoms with van der Waals surface area (Å²) >= 11 is 0. The van der Waals surface area contributed by atoms with Crippen LogP contribution in [0.2, 0.25) is 0 Å². The van der Waals surface area contributed by atoms with Crippen LogP contribution in [0.15, 0.2) is 42.5 Å². The average Bonchev–Trinajstić information content (AvgIpc) is 2.79. The molecule has 2 rings (SSSR count). The van der Waals surface area contributed by atoms with Gasteiger partial charge in [-0.2, -0.15) is 0 Å². The summed E-state index contributed by atoms with van der Waals surface area (Å²) in [5.74, 6) is -0.776. The molecular formula is C25H34FN3O6S. The molecule has 2 amide bonds. The van der Waals surface area contributed by atoms with Crippen molar-refractivity contribution in [3.05, 3.63) is 53.8 Å². The van der Waals surface area contributed by atoms with Crippen molar-refractivity contribution in [2.75, 3.05) is 31.3 Å². The van der Waals surface area contributed by atoms with E-state index in [1.165, 1.54) is 61.6 Å². The Morgan fingerprint density at radius 1 is 1.03 bits per heavy atom. The van der Waals surface area contributed by atoms with Gasteiger partial charge in [-0.1, -0.05) is 12.1 Å². The fourth-order valence-electron chi connectivity index (χ4n) is 3.44. The van der Waals surface area contributed by atoms with Crippen molar-refractivity contribution >= 4 is 27.5 Å². The molecule has 0 heterocycles. The maximum absolute atomic E-state index is 13.5. The third-order valence-corrected chi connectivity index (χ3v) is 6.41. The first-order chi connectivity index (χ1) is 16.7. The van der Waals surface area contributed by atoms with Gasteiger partial charge in [0.05, 0.1) is 26.2 Å². The van der Waals surface area contributed by atoms with E-state index in [4.69, 9.17) is 9.47 Å². The fourth-order valence-corrected chi connectivity index (χ4v) is 4.28. The lowest BCUT2D eigenvalue weighted by Crippen LogP contribution is -2.54. The lowest BCUT2D eigenvalue weighted by Gasteiger charge is -2.33. The number of hydrogen-bond acceptors (Lipinski definition) is 6. The average molecular weight is 524 g/mol. The van der Waals surface area contributed by atoms with E-state index in [1.807, 2.05) is 20.8 Å². The van der Waals surface area contributed by atoms with Crippen LogP contribution < -0.4 is 19.1 Å². The first kappa shape index (κ1) is 28.9. The standard InChI is InChI=1S/C25H34FN3O6S/c1-17(24(31)27-25(2,3)4)28(15-18-8-10-19(26)11-9-18)23(30)16-29(36(7,32)33)20-12-13-21(34-5)22(14-20)35-6/h8-14,17H,15-16H2,1-7H3,(H,27,31). The van der Waals surface area contributed by atoms with Gasteiger partial charge in [0.15, 0.2) is 11.5 Å². The number of sulfonamides is 1. The molecule has 0 spiro atoms. The lowest BCUT2D eigenvalue weighted by atomic mass is 10.1. The van der Waals surface area contributed by atoms with Gasteiger partial charge in [-0.05, 0) is 57.5 Å². The van der Waals surface area contributed by atoms with Gasteiger partial charge in [-0.15, -0.1) is 0 Å². The molecule has 0 saturated heterocycles. The molecule has 2 aromatic rings. The highest BCUT2D eigenvalue weighted by Gasteiger charge is 2.31. The topological polar surface area (TPSA) is 105 Å². The number of hydrogen-bond donors (Lipinski definition) is 1. The van der Waals surface area contributed by atoms with Gasteiger partial charge in [-0.3, -0.25) is 13.9 Å². The number of amides is 2. The summed E-state index contributed by atoms with van der Waals surface area (Å²) in [6.45, 7) is 6.40. The minimum Gasteiger partial charge on any atom is -0.493 e. The summed E-state index contributed by atoms with van der Waals surface area (Å²) in [5, 5.41) is 2.84. The number of carbonyl (C=O) groups excluding carboxylic acids is 2. The molecule has 1 unspecified atom stereocenters. The maximum Gasteiger partial charge on any atom is 0.244 e. The number of benzene rings is 2. The van der Waals surface area contributed by atoms with E-state index in [-0.39, 0.29) is 18.0 Å². The predicted octanol–water partition coefficient (Wildman–Crippen LogP) is 2.94. The van der Waals surface area contributed by atoms with Crippen molar-refractivity contribution < 1.29 is 31.9 Å². The Balaban J connectivity index is 2.44. The van der Waals surface area contributed by atoms with E-state index < -0.39 is 45.8 Å². The highest BCUT2D eigenvalue weighted by Crippen LogP contribution is 2.32. The second-order valence-electron chi connectivity index (χ2n) is 9.37. The van der Waals surface area contributed by atoms with E-state index >= 15 is 0 Å². The third-order valence-electron chi connectivity index (χ3n) is 5.27. The largest absolute Gasteiger partial charge is 0.493 e. The Morgan fingerprint density at radius 2 is 1.61 bits per heavy atom. The second kappa shape index (κ2) is 11.6. The van der Waals surface area contributed by atoms with Crippen LogP contribution in [0.1, 0.15) is 33.3 Å². The molecule has 1 N–H and O–H groups in total. The number of nitrogens with zero attached hydrogens (tertiary/aromatic N) is 2. The second-order valence-corrected chi connectivity index (χ2v) is 11.3. The molecule has 0 aliphatic heterocycles. The smallest absolute Gasteiger partial charge is 0.244 e. The Hall–Kier alpha value is -3.34. The van der Waals surface area contributed by atoms with E-state index in [0.29, 0.717) is 11.3 Å². The summed E-state index contributed by atoms with van der Waals surface area (Å²) in [6, 6.07) is 9.07. The summed E-state index contributed by atoms with van der Waals surface area (Å²) in [7, 11) is -1.04. The number of anilines is 1. The molecule has 1 atom stereocenters. The van der Waals surface area contributed by atoms with Gasteiger partial charge in [-0.25, -0.2) is 12.8 Å². The molecule has 0 bridgehead atoms. The normalized spacial score (nSPS) is 12.4. The van der Waals surface area contributed by atoms with Crippen LogP contribution in [0.25, 0.3) is 0 Å². The number of methoxy groups -OCH3 is 2. The van der Waals surface area contributed by atoms with Gasteiger partial charge in [0, 0.05) is 18.2 Å². The van der Waals surface area contributed by atoms with Crippen LogP contribution in [0.4, 0.5) is 10.1 Å². The Labute approximate surface area is 212 Å². The van der Waals surface area contributed by atoms with Gasteiger partial charge in [0.2, 0.25) is 21.8 Å². The molecule has 198 valence electrons. The minimum atomic E-state index is -3.91. The Bertz CT molecular complexity index is 1180. The van der Waals surface area contributed by atoms with Crippen LogP contribution >= 0.6 is 0 Å². The molecule has 2 aromatic carbocycles. The molecule has 0 aliphatic carbocycles. The lowest BCUT2D eigenvalue weighted by molar-refractivity contribution is -0.140. The molecule has 9 nitrogen and oxygen atoms in total. The Kier molecular flexibility index (Phi) is 9.31. The zero-order chi connectivity index (χ0) is 27.3. The quantitative estimate of drug-likeness (QED) is 0.514. The van der Waals surface area contributed by atoms with Crippen LogP contribution in [-0.4, -0.2) is 63.7 Å². The van der Waals surface area contributed by atoms with E-state index in [0.717, 1.165) is 10.6 Å². The summed E-state index contributed by atoms with van der Waals surface area (Å²) in [6.07, 6.45) is 0.983. The Morgan fingerprint density at radius 3 is 2.11 bits per heavy atom. The van der Waals surface area contributed by atoms with E-state index in [9.17, 15) is 22.4 Å². The molecule has 11 heteroatoms. The predicted molar refractivity (Wildman–Crippen MR) is 136 cm³/mol. The van der Waals surface area contributed by atoms with Crippen molar-refractivity contribution in [1.29, 1.82) is 0 Å². The SMILES string of the molecule is COc1ccc(N(CC(=O)N(Cc2ccc(F)cc2)C(C)C(=O)NC(C)(C)C)S(C)(=O)=O)cc1OC. The van der Waals surface area contributed by atoms with Gasteiger partial charge >= 0.3 is 0 Å². The number of nitrogens with one attached hydrogen (secondary N) is 1. The molecule has 0 saturated carbocycles. The van der Waals surface area contributed by atoms with Crippen molar-refractivity contribution in [2.45, 2.75) is 45.8 Å². The maximum atomic E-state index is 13.5. The summed E-state index contributed by atoms with van der Waals surface area (Å²) in [5.41, 5.74) is 0.225. The van der Waals surface area contributed by atoms with Crippen molar-refractivity contribution in [1.82, 2.24) is 10.2 Å². The first-order valence-electron chi connectivity index (χ1n) is 11.2. The number of rotatable bonds is 10.